The van der Waals surface area contributed by atoms with Crippen LogP contribution in [0.15, 0.2) is 24.3 Å². The van der Waals surface area contributed by atoms with Gasteiger partial charge in [-0.3, -0.25) is 14.5 Å². The van der Waals surface area contributed by atoms with E-state index in [4.69, 9.17) is 30.5 Å². The molecule has 10 nitrogen and oxygen atoms in total. The van der Waals surface area contributed by atoms with E-state index in [1.54, 1.807) is 6.07 Å². The first-order chi connectivity index (χ1) is 15.7. The van der Waals surface area contributed by atoms with Crippen molar-refractivity contribution < 1.29 is 39.2 Å². The molecule has 1 aromatic carbocycles. The molecule has 10 heteroatoms. The minimum atomic E-state index is -1.79. The number of likely N-dealkylation sites (tertiary alicyclic amines) is 1. The van der Waals surface area contributed by atoms with Gasteiger partial charge in [-0.25, -0.2) is 4.79 Å². The standard InChI is InChI=1S/C19H26N2O3.C4H6O5/c1-23-19(14-5-2-4-13(8-14)18(20)22)15-6-3-7-16(19)10-21(9-15)17-11-24-12-17;5-2(4(8)9)1-3(6)7/h2,4-5,8,15-17H,3,6-7,9-12H2,1H3,(H2,20,22);2,5H,1H2,(H,6,7)(H,8,9)/t;2-/m.0/s1. The number of rotatable bonds is 7. The number of carbonyl (C=O) groups is 3. The van der Waals surface area contributed by atoms with Crippen molar-refractivity contribution in [3.8, 4) is 0 Å². The second kappa shape index (κ2) is 10.6. The third-order valence-corrected chi connectivity index (χ3v) is 6.95. The summed E-state index contributed by atoms with van der Waals surface area (Å²) in [6.07, 6.45) is 1.03. The normalized spacial score (nSPS) is 28.1. The summed E-state index contributed by atoms with van der Waals surface area (Å²) in [7, 11) is 1.82. The van der Waals surface area contributed by atoms with Gasteiger partial charge in [0.1, 0.15) is 5.60 Å². The number of hydrogen-bond donors (Lipinski definition) is 4. The number of fused-ring (bicyclic) bond motifs is 2. The topological polar surface area (TPSA) is 160 Å². The van der Waals surface area contributed by atoms with Gasteiger partial charge in [-0.15, -0.1) is 0 Å². The maximum absolute atomic E-state index is 11.6. The lowest BCUT2D eigenvalue weighted by Gasteiger charge is -2.57. The van der Waals surface area contributed by atoms with Crippen molar-refractivity contribution in [2.24, 2.45) is 17.6 Å². The quantitative estimate of drug-likeness (QED) is 0.455. The molecule has 2 bridgehead atoms. The highest BCUT2D eigenvalue weighted by Gasteiger charge is 2.54. The number of aliphatic carboxylic acids is 2. The monoisotopic (exact) mass is 464 g/mol. The molecule has 1 amide bonds. The van der Waals surface area contributed by atoms with Crippen molar-refractivity contribution in [1.29, 1.82) is 0 Å². The zero-order valence-electron chi connectivity index (χ0n) is 18.7. The first-order valence-corrected chi connectivity index (χ1v) is 11.1. The van der Waals surface area contributed by atoms with Gasteiger partial charge < -0.3 is 30.5 Å². The number of amides is 1. The van der Waals surface area contributed by atoms with Crippen LogP contribution < -0.4 is 5.73 Å². The molecule has 1 saturated carbocycles. The van der Waals surface area contributed by atoms with Crippen molar-refractivity contribution in [2.45, 2.75) is 43.4 Å². The highest BCUT2D eigenvalue weighted by Crippen LogP contribution is 2.52. The van der Waals surface area contributed by atoms with Crippen LogP contribution in [0.5, 0.6) is 0 Å². The Morgan fingerprint density at radius 3 is 2.27 bits per heavy atom. The number of ether oxygens (including phenoxy) is 2. The zero-order chi connectivity index (χ0) is 24.2. The highest BCUT2D eigenvalue weighted by atomic mass is 16.5. The Morgan fingerprint density at radius 1 is 1.21 bits per heavy atom. The van der Waals surface area contributed by atoms with Gasteiger partial charge in [0, 0.05) is 37.6 Å². The summed E-state index contributed by atoms with van der Waals surface area (Å²) in [6.45, 7) is 3.80. The van der Waals surface area contributed by atoms with Crippen LogP contribution in [0.3, 0.4) is 0 Å². The van der Waals surface area contributed by atoms with E-state index in [1.165, 1.54) is 6.42 Å². The van der Waals surface area contributed by atoms with Crippen LogP contribution in [-0.4, -0.2) is 83.6 Å². The van der Waals surface area contributed by atoms with Crippen LogP contribution in [0.1, 0.15) is 41.6 Å². The molecule has 0 radical (unpaired) electrons. The number of hydrogen-bond acceptors (Lipinski definition) is 7. The van der Waals surface area contributed by atoms with E-state index in [2.05, 4.69) is 11.0 Å². The van der Waals surface area contributed by atoms with Crippen molar-refractivity contribution in [2.75, 3.05) is 33.4 Å². The third kappa shape index (κ3) is 5.35. The fourth-order valence-electron chi connectivity index (χ4n) is 5.29. The maximum atomic E-state index is 11.6. The molecule has 5 N–H and O–H groups in total. The number of carboxylic acids is 2. The third-order valence-electron chi connectivity index (χ3n) is 6.95. The molecule has 33 heavy (non-hydrogen) atoms. The minimum Gasteiger partial charge on any atom is -0.481 e. The van der Waals surface area contributed by atoms with Gasteiger partial charge >= 0.3 is 11.9 Å². The fourth-order valence-corrected chi connectivity index (χ4v) is 5.29. The average Bonchev–Trinajstić information content (AvgIpc) is 2.72. The van der Waals surface area contributed by atoms with Gasteiger partial charge in [0.05, 0.1) is 25.7 Å². The lowest BCUT2D eigenvalue weighted by Crippen LogP contribution is -2.63. The summed E-state index contributed by atoms with van der Waals surface area (Å²) in [5.41, 5.74) is 6.88. The summed E-state index contributed by atoms with van der Waals surface area (Å²) < 4.78 is 11.6. The Hall–Kier alpha value is -2.53. The van der Waals surface area contributed by atoms with Gasteiger partial charge in [0.2, 0.25) is 5.91 Å². The molecule has 0 spiro atoms. The Kier molecular flexibility index (Phi) is 8.06. The summed E-state index contributed by atoms with van der Waals surface area (Å²) in [6, 6.07) is 8.33. The Labute approximate surface area is 192 Å². The predicted octanol–water partition coefficient (Wildman–Crippen LogP) is 0.665. The minimum absolute atomic E-state index is 0.301. The summed E-state index contributed by atoms with van der Waals surface area (Å²) >= 11 is 0. The van der Waals surface area contributed by atoms with E-state index >= 15 is 0 Å². The fraction of sp³-hybridized carbons (Fsp3) is 0.609. The zero-order valence-corrected chi connectivity index (χ0v) is 18.7. The maximum Gasteiger partial charge on any atom is 0.333 e. The number of primary amides is 1. The Balaban J connectivity index is 0.000000292. The van der Waals surface area contributed by atoms with Crippen LogP contribution >= 0.6 is 0 Å². The molecule has 1 aromatic rings. The van der Waals surface area contributed by atoms with Gasteiger partial charge in [0.15, 0.2) is 6.10 Å². The van der Waals surface area contributed by atoms with Crippen LogP contribution in [0.4, 0.5) is 0 Å². The second-order valence-electron chi connectivity index (χ2n) is 8.86. The molecule has 0 aromatic heterocycles. The molecule has 2 saturated heterocycles. The molecule has 2 unspecified atom stereocenters. The van der Waals surface area contributed by atoms with E-state index in [-0.39, 0.29) is 11.5 Å². The SMILES string of the molecule is COC1(c2cccc(C(N)=O)c2)C2CCCC1CN(C1COC1)C2.O=C(O)C[C@H](O)C(=O)O. The van der Waals surface area contributed by atoms with Gasteiger partial charge in [-0.05, 0) is 30.5 Å². The average molecular weight is 465 g/mol. The number of aliphatic hydroxyl groups is 1. The molecule has 1 aliphatic carbocycles. The number of carboxylic acid groups (broad SMARTS) is 2. The van der Waals surface area contributed by atoms with Crippen LogP contribution in [0, 0.1) is 11.8 Å². The highest BCUT2D eigenvalue weighted by molar-refractivity contribution is 5.93. The van der Waals surface area contributed by atoms with Crippen molar-refractivity contribution in [1.82, 2.24) is 4.90 Å². The molecule has 3 atom stereocenters. The molecule has 3 fully saturated rings. The lowest BCUT2D eigenvalue weighted by atomic mass is 9.62. The molecule has 182 valence electrons. The Bertz CT molecular complexity index is 858. The van der Waals surface area contributed by atoms with Gasteiger partial charge in [-0.1, -0.05) is 18.6 Å². The Morgan fingerprint density at radius 2 is 1.85 bits per heavy atom. The van der Waals surface area contributed by atoms with E-state index in [0.29, 0.717) is 23.4 Å². The number of piperidine rings is 1. The molecule has 2 heterocycles. The first-order valence-electron chi connectivity index (χ1n) is 11.1. The summed E-state index contributed by atoms with van der Waals surface area (Å²) in [5.74, 6) is -2.34. The van der Waals surface area contributed by atoms with Gasteiger partial charge in [0.25, 0.3) is 0 Å². The molecule has 2 aliphatic heterocycles. The summed E-state index contributed by atoms with van der Waals surface area (Å²) in [4.78, 5) is 33.6. The number of carbonyl (C=O) groups excluding carboxylic acids is 1. The predicted molar refractivity (Wildman–Crippen MR) is 117 cm³/mol. The molecule has 4 rings (SSSR count). The van der Waals surface area contributed by atoms with Gasteiger partial charge in [-0.2, -0.15) is 0 Å². The number of aliphatic hydroxyl groups excluding tert-OH is 1. The number of methoxy groups -OCH3 is 1. The van der Waals surface area contributed by atoms with Crippen LogP contribution in [0.2, 0.25) is 0 Å². The largest absolute Gasteiger partial charge is 0.481 e. The molecule has 3 aliphatic rings. The first kappa shape index (κ1) is 25.1. The van der Waals surface area contributed by atoms with E-state index < -0.39 is 24.5 Å². The molecular formula is C23H32N2O8. The van der Waals surface area contributed by atoms with E-state index in [9.17, 15) is 14.4 Å². The van der Waals surface area contributed by atoms with Crippen LogP contribution in [-0.2, 0) is 24.7 Å². The second-order valence-corrected chi connectivity index (χ2v) is 8.86. The smallest absolute Gasteiger partial charge is 0.333 e. The lowest BCUT2D eigenvalue weighted by molar-refractivity contribution is -0.191. The number of nitrogens with zero attached hydrogens (tertiary/aromatic N) is 1. The van der Waals surface area contributed by atoms with E-state index in [1.807, 2.05) is 19.2 Å². The van der Waals surface area contributed by atoms with Crippen LogP contribution in [0.25, 0.3) is 0 Å². The van der Waals surface area contributed by atoms with Crippen molar-refractivity contribution in [3.63, 3.8) is 0 Å². The molecular weight excluding hydrogens is 432 g/mol. The van der Waals surface area contributed by atoms with Crippen molar-refractivity contribution in [3.05, 3.63) is 35.4 Å². The summed E-state index contributed by atoms with van der Waals surface area (Å²) in [5, 5.41) is 24.1. The number of nitrogens with two attached hydrogens (primary N) is 1. The number of benzene rings is 1. The van der Waals surface area contributed by atoms with Crippen molar-refractivity contribution >= 4 is 17.8 Å². The van der Waals surface area contributed by atoms with E-state index in [0.717, 1.165) is 44.7 Å².